The summed E-state index contributed by atoms with van der Waals surface area (Å²) in [4.78, 5) is 12.9. The molecule has 102 valence electrons. The van der Waals surface area contributed by atoms with Crippen LogP contribution in [0.2, 0.25) is 0 Å². The highest BCUT2D eigenvalue weighted by Crippen LogP contribution is 2.26. The first-order valence-corrected chi connectivity index (χ1v) is 6.95. The minimum Gasteiger partial charge on any atom is -0.375 e. The minimum atomic E-state index is -0.449. The molecule has 0 aliphatic heterocycles. The number of benzene rings is 1. The Labute approximate surface area is 120 Å². The molecule has 0 bridgehead atoms. The normalized spacial score (nSPS) is 10.0. The van der Waals surface area contributed by atoms with Crippen LogP contribution in [0.15, 0.2) is 30.3 Å². The molecule has 2 aromatic rings. The zero-order chi connectivity index (χ0) is 14.5. The van der Waals surface area contributed by atoms with E-state index in [1.54, 1.807) is 11.3 Å². The number of nitrogens with zero attached hydrogens (tertiary/aromatic N) is 2. The molecule has 0 aliphatic carbocycles. The molecule has 0 unspecified atom stereocenters. The van der Waals surface area contributed by atoms with Crippen molar-refractivity contribution in [3.05, 3.63) is 55.8 Å². The van der Waals surface area contributed by atoms with E-state index in [0.717, 1.165) is 11.3 Å². The highest BCUT2D eigenvalue weighted by atomic mass is 32.1. The van der Waals surface area contributed by atoms with Gasteiger partial charge in [0, 0.05) is 22.4 Å². The largest absolute Gasteiger partial charge is 0.375 e. The van der Waals surface area contributed by atoms with Crippen LogP contribution in [0.3, 0.4) is 0 Å². The lowest BCUT2D eigenvalue weighted by molar-refractivity contribution is -0.384. The summed E-state index contributed by atoms with van der Waals surface area (Å²) < 4.78 is 0. The first kappa shape index (κ1) is 14.0. The van der Waals surface area contributed by atoms with Crippen LogP contribution in [0.25, 0.3) is 0 Å². The Morgan fingerprint density at radius 3 is 2.70 bits per heavy atom. The Kier molecular flexibility index (Phi) is 4.33. The number of rotatable bonds is 5. The Bertz CT molecular complexity index is 673. The molecule has 0 spiro atoms. The highest BCUT2D eigenvalue weighted by molar-refractivity contribution is 7.12. The third-order valence-corrected chi connectivity index (χ3v) is 4.07. The Morgan fingerprint density at radius 2 is 2.10 bits per heavy atom. The molecule has 0 aliphatic rings. The van der Waals surface area contributed by atoms with Crippen LogP contribution in [0.5, 0.6) is 0 Å². The van der Waals surface area contributed by atoms with Crippen LogP contribution in [0.1, 0.15) is 22.2 Å². The van der Waals surface area contributed by atoms with Gasteiger partial charge in [-0.3, -0.25) is 10.1 Å². The third kappa shape index (κ3) is 3.13. The van der Waals surface area contributed by atoms with Gasteiger partial charge in [0.05, 0.1) is 16.6 Å². The van der Waals surface area contributed by atoms with E-state index in [4.69, 9.17) is 5.26 Å². The fraction of sp³-hybridized carbons (Fsp3) is 0.214. The molecule has 6 heteroatoms. The second-order valence-corrected chi connectivity index (χ2v) is 5.43. The van der Waals surface area contributed by atoms with Gasteiger partial charge in [0.1, 0.15) is 5.69 Å². The maximum absolute atomic E-state index is 11.0. The molecule has 20 heavy (non-hydrogen) atoms. The topological polar surface area (TPSA) is 79.0 Å². The number of aryl methyl sites for hydroxylation is 1. The van der Waals surface area contributed by atoms with Crippen molar-refractivity contribution in [2.75, 3.05) is 5.32 Å². The number of thiophene rings is 1. The third-order valence-electron chi connectivity index (χ3n) is 2.84. The standard InChI is InChI=1S/C14H13N3O2S/c1-2-11-4-5-12(20-11)9-16-13-7-10(8-15)3-6-14(13)17(18)19/h3-7,16H,2,9H2,1H3. The minimum absolute atomic E-state index is 0.0173. The summed E-state index contributed by atoms with van der Waals surface area (Å²) in [5.41, 5.74) is 0.760. The van der Waals surface area contributed by atoms with Crippen LogP contribution in [0.4, 0.5) is 11.4 Å². The number of nitriles is 1. The van der Waals surface area contributed by atoms with Crippen molar-refractivity contribution < 1.29 is 4.92 Å². The number of nitrogens with one attached hydrogen (secondary N) is 1. The van der Waals surface area contributed by atoms with Gasteiger partial charge in [0.2, 0.25) is 0 Å². The zero-order valence-electron chi connectivity index (χ0n) is 10.9. The average molecular weight is 287 g/mol. The maximum Gasteiger partial charge on any atom is 0.292 e. The van der Waals surface area contributed by atoms with E-state index in [1.807, 2.05) is 12.1 Å². The molecule has 0 fully saturated rings. The summed E-state index contributed by atoms with van der Waals surface area (Å²) in [5, 5.41) is 22.9. The molecule has 0 radical (unpaired) electrons. The maximum atomic E-state index is 11.0. The van der Waals surface area contributed by atoms with Crippen molar-refractivity contribution >= 4 is 22.7 Å². The number of hydrogen-bond donors (Lipinski definition) is 1. The van der Waals surface area contributed by atoms with E-state index in [-0.39, 0.29) is 5.69 Å². The van der Waals surface area contributed by atoms with Crippen LogP contribution in [-0.2, 0) is 13.0 Å². The zero-order valence-corrected chi connectivity index (χ0v) is 11.7. The van der Waals surface area contributed by atoms with Crippen molar-refractivity contribution in [3.8, 4) is 6.07 Å². The van der Waals surface area contributed by atoms with Crippen molar-refractivity contribution in [1.82, 2.24) is 0 Å². The van der Waals surface area contributed by atoms with E-state index >= 15 is 0 Å². The van der Waals surface area contributed by atoms with E-state index in [1.165, 1.54) is 23.1 Å². The molecule has 1 aromatic carbocycles. The first-order chi connectivity index (χ1) is 9.63. The molecule has 2 rings (SSSR count). The average Bonchev–Trinajstić information content (AvgIpc) is 2.92. The predicted molar refractivity (Wildman–Crippen MR) is 78.8 cm³/mol. The van der Waals surface area contributed by atoms with Crippen LogP contribution >= 0.6 is 11.3 Å². The first-order valence-electron chi connectivity index (χ1n) is 6.14. The second kappa shape index (κ2) is 6.17. The van der Waals surface area contributed by atoms with Crippen LogP contribution < -0.4 is 5.32 Å². The number of hydrogen-bond acceptors (Lipinski definition) is 5. The summed E-state index contributed by atoms with van der Waals surface area (Å²) in [5.74, 6) is 0. The summed E-state index contributed by atoms with van der Waals surface area (Å²) in [7, 11) is 0. The van der Waals surface area contributed by atoms with E-state index in [0.29, 0.717) is 17.8 Å². The second-order valence-electron chi connectivity index (χ2n) is 4.18. The molecule has 1 heterocycles. The molecule has 5 nitrogen and oxygen atoms in total. The van der Waals surface area contributed by atoms with Crippen molar-refractivity contribution in [2.45, 2.75) is 19.9 Å². The number of nitro groups is 1. The van der Waals surface area contributed by atoms with E-state index in [9.17, 15) is 10.1 Å². The van der Waals surface area contributed by atoms with E-state index in [2.05, 4.69) is 18.3 Å². The van der Waals surface area contributed by atoms with Gasteiger partial charge in [-0.1, -0.05) is 6.92 Å². The van der Waals surface area contributed by atoms with Crippen LogP contribution in [0, 0.1) is 21.4 Å². The Hall–Kier alpha value is -2.39. The van der Waals surface area contributed by atoms with Gasteiger partial charge in [-0.2, -0.15) is 5.26 Å². The smallest absolute Gasteiger partial charge is 0.292 e. The monoisotopic (exact) mass is 287 g/mol. The fourth-order valence-electron chi connectivity index (χ4n) is 1.80. The van der Waals surface area contributed by atoms with Crippen LogP contribution in [-0.4, -0.2) is 4.92 Å². The van der Waals surface area contributed by atoms with E-state index < -0.39 is 4.92 Å². The lowest BCUT2D eigenvalue weighted by Gasteiger charge is -2.06. The molecule has 0 amide bonds. The van der Waals surface area contributed by atoms with Gasteiger partial charge in [-0.05, 0) is 30.7 Å². The van der Waals surface area contributed by atoms with Gasteiger partial charge in [-0.25, -0.2) is 0 Å². The lowest BCUT2D eigenvalue weighted by atomic mass is 10.2. The summed E-state index contributed by atoms with van der Waals surface area (Å²) in [6.45, 7) is 2.60. The predicted octanol–water partition coefficient (Wildman–Crippen LogP) is 3.70. The van der Waals surface area contributed by atoms with Gasteiger partial charge in [-0.15, -0.1) is 11.3 Å². The molecule has 1 aromatic heterocycles. The molecular formula is C14H13N3O2S. The van der Waals surface area contributed by atoms with Crippen molar-refractivity contribution in [1.29, 1.82) is 5.26 Å². The van der Waals surface area contributed by atoms with Crippen molar-refractivity contribution in [2.24, 2.45) is 0 Å². The molecular weight excluding hydrogens is 274 g/mol. The van der Waals surface area contributed by atoms with Gasteiger partial charge >= 0.3 is 0 Å². The molecule has 0 saturated heterocycles. The van der Waals surface area contributed by atoms with Gasteiger partial charge in [0.25, 0.3) is 5.69 Å². The quantitative estimate of drug-likeness (QED) is 0.671. The summed E-state index contributed by atoms with van der Waals surface area (Å²) >= 11 is 1.68. The Morgan fingerprint density at radius 1 is 1.35 bits per heavy atom. The van der Waals surface area contributed by atoms with Gasteiger partial charge < -0.3 is 5.32 Å². The molecule has 0 saturated carbocycles. The summed E-state index contributed by atoms with van der Waals surface area (Å²) in [6.07, 6.45) is 0.981. The number of nitro benzene ring substituents is 1. The highest BCUT2D eigenvalue weighted by Gasteiger charge is 2.14. The fourth-order valence-corrected chi connectivity index (χ4v) is 2.69. The summed E-state index contributed by atoms with van der Waals surface area (Å²) in [6, 6.07) is 10.4. The molecule has 0 atom stereocenters. The van der Waals surface area contributed by atoms with Gasteiger partial charge in [0.15, 0.2) is 0 Å². The SMILES string of the molecule is CCc1ccc(CNc2cc(C#N)ccc2[N+](=O)[O-])s1. The molecule has 1 N–H and O–H groups in total. The lowest BCUT2D eigenvalue weighted by Crippen LogP contribution is -2.01. The number of anilines is 1. The Balaban J connectivity index is 2.19. The van der Waals surface area contributed by atoms with Crippen molar-refractivity contribution in [3.63, 3.8) is 0 Å².